The number of aromatic nitrogens is 1. The van der Waals surface area contributed by atoms with Crippen LogP contribution < -0.4 is 5.73 Å². The molecule has 1 heterocycles. The molecule has 1 aromatic heterocycles. The third-order valence-electron chi connectivity index (χ3n) is 5.09. The van der Waals surface area contributed by atoms with E-state index in [2.05, 4.69) is 24.0 Å². The van der Waals surface area contributed by atoms with Crippen LogP contribution in [-0.4, -0.2) is 10.5 Å². The van der Waals surface area contributed by atoms with E-state index in [1.165, 1.54) is 56.2 Å². The predicted molar refractivity (Wildman–Crippen MR) is 74.5 cm³/mol. The van der Waals surface area contributed by atoms with Gasteiger partial charge in [0.05, 0.1) is 0 Å². The zero-order chi connectivity index (χ0) is 12.6. The Hall–Kier alpha value is -0.890. The number of hydrogen-bond acceptors (Lipinski definition) is 2. The van der Waals surface area contributed by atoms with Crippen LogP contribution in [0.1, 0.15) is 62.6 Å². The Morgan fingerprint density at radius 2 is 2.06 bits per heavy atom. The lowest BCUT2D eigenvalue weighted by Gasteiger charge is -2.44. The van der Waals surface area contributed by atoms with Gasteiger partial charge in [0.1, 0.15) is 0 Å². The summed E-state index contributed by atoms with van der Waals surface area (Å²) in [7, 11) is 0. The van der Waals surface area contributed by atoms with Crippen LogP contribution in [0.4, 0.5) is 0 Å². The molecule has 0 amide bonds. The molecular weight excluding hydrogens is 220 g/mol. The lowest BCUT2D eigenvalue weighted by Crippen LogP contribution is -2.49. The number of hydrogen-bond donors (Lipinski definition) is 1. The Balaban J connectivity index is 1.89. The molecule has 0 saturated heterocycles. The van der Waals surface area contributed by atoms with Gasteiger partial charge in [0.2, 0.25) is 0 Å². The van der Waals surface area contributed by atoms with Crippen molar-refractivity contribution in [2.45, 2.75) is 63.3 Å². The average Bonchev–Trinajstić information content (AvgIpc) is 2.42. The van der Waals surface area contributed by atoms with Crippen molar-refractivity contribution in [2.24, 2.45) is 11.7 Å². The summed E-state index contributed by atoms with van der Waals surface area (Å²) in [5.41, 5.74) is 9.53. The predicted octanol–water partition coefficient (Wildman–Crippen LogP) is 3.41. The van der Waals surface area contributed by atoms with Crippen molar-refractivity contribution in [1.82, 2.24) is 4.98 Å². The van der Waals surface area contributed by atoms with Gasteiger partial charge in [-0.05, 0) is 62.5 Å². The van der Waals surface area contributed by atoms with Crippen LogP contribution in [0.5, 0.6) is 0 Å². The fraction of sp³-hybridized carbons (Fsp3) is 0.688. The molecule has 0 aliphatic heterocycles. The standard InChI is InChI=1S/C16H24N2/c1-12-7-9-16(17,10-8-12)14-6-2-4-13-5-3-11-18-15(13)14/h3,5,11-12,14H,2,4,6-10,17H2,1H3. The first kappa shape index (κ1) is 12.2. The van der Waals surface area contributed by atoms with Gasteiger partial charge in [-0.3, -0.25) is 4.98 Å². The molecule has 3 rings (SSSR count). The molecule has 18 heavy (non-hydrogen) atoms. The average molecular weight is 244 g/mol. The lowest BCUT2D eigenvalue weighted by molar-refractivity contribution is 0.193. The van der Waals surface area contributed by atoms with Gasteiger partial charge in [0.25, 0.3) is 0 Å². The summed E-state index contributed by atoms with van der Waals surface area (Å²) in [6.07, 6.45) is 10.6. The summed E-state index contributed by atoms with van der Waals surface area (Å²) < 4.78 is 0. The third-order valence-corrected chi connectivity index (χ3v) is 5.09. The number of aryl methyl sites for hydroxylation is 1. The molecule has 0 radical (unpaired) electrons. The second-order valence-corrected chi connectivity index (χ2v) is 6.41. The molecule has 0 spiro atoms. The highest BCUT2D eigenvalue weighted by molar-refractivity contribution is 5.29. The zero-order valence-electron chi connectivity index (χ0n) is 11.4. The van der Waals surface area contributed by atoms with E-state index in [0.29, 0.717) is 5.92 Å². The van der Waals surface area contributed by atoms with Crippen molar-refractivity contribution >= 4 is 0 Å². The van der Waals surface area contributed by atoms with E-state index in [1.54, 1.807) is 0 Å². The van der Waals surface area contributed by atoms with E-state index in [0.717, 1.165) is 5.92 Å². The Morgan fingerprint density at radius 3 is 2.83 bits per heavy atom. The van der Waals surface area contributed by atoms with Crippen molar-refractivity contribution in [1.29, 1.82) is 0 Å². The van der Waals surface area contributed by atoms with Crippen molar-refractivity contribution in [3.05, 3.63) is 29.6 Å². The van der Waals surface area contributed by atoms with Gasteiger partial charge in [-0.2, -0.15) is 0 Å². The van der Waals surface area contributed by atoms with Crippen molar-refractivity contribution in [3.8, 4) is 0 Å². The highest BCUT2D eigenvalue weighted by atomic mass is 14.8. The second kappa shape index (κ2) is 4.65. The number of rotatable bonds is 1. The van der Waals surface area contributed by atoms with E-state index >= 15 is 0 Å². The van der Waals surface area contributed by atoms with Crippen molar-refractivity contribution in [2.75, 3.05) is 0 Å². The minimum absolute atomic E-state index is 0.00995. The summed E-state index contributed by atoms with van der Waals surface area (Å²) in [6.45, 7) is 2.35. The zero-order valence-corrected chi connectivity index (χ0v) is 11.4. The number of fused-ring (bicyclic) bond motifs is 1. The fourth-order valence-corrected chi connectivity index (χ4v) is 3.82. The van der Waals surface area contributed by atoms with Crippen LogP contribution in [0.25, 0.3) is 0 Å². The fourth-order valence-electron chi connectivity index (χ4n) is 3.82. The molecule has 2 heteroatoms. The van der Waals surface area contributed by atoms with E-state index in [4.69, 9.17) is 5.73 Å². The maximum atomic E-state index is 6.77. The minimum atomic E-state index is 0.00995. The topological polar surface area (TPSA) is 38.9 Å². The number of nitrogens with two attached hydrogens (primary N) is 1. The highest BCUT2D eigenvalue weighted by Crippen LogP contribution is 2.44. The van der Waals surface area contributed by atoms with Crippen LogP contribution in [0, 0.1) is 5.92 Å². The van der Waals surface area contributed by atoms with Gasteiger partial charge in [-0.15, -0.1) is 0 Å². The van der Waals surface area contributed by atoms with Crippen molar-refractivity contribution in [3.63, 3.8) is 0 Å². The largest absolute Gasteiger partial charge is 0.324 e. The first-order chi connectivity index (χ1) is 8.69. The normalized spacial score (nSPS) is 36.1. The number of pyridine rings is 1. The smallest absolute Gasteiger partial charge is 0.0484 e. The SMILES string of the molecule is CC1CCC(N)(C2CCCc3cccnc32)CC1. The van der Waals surface area contributed by atoms with Gasteiger partial charge < -0.3 is 5.73 Å². The molecule has 2 nitrogen and oxygen atoms in total. The molecule has 0 aromatic carbocycles. The first-order valence-corrected chi connectivity index (χ1v) is 7.42. The summed E-state index contributed by atoms with van der Waals surface area (Å²) in [6, 6.07) is 4.30. The Morgan fingerprint density at radius 1 is 1.28 bits per heavy atom. The monoisotopic (exact) mass is 244 g/mol. The minimum Gasteiger partial charge on any atom is -0.324 e. The van der Waals surface area contributed by atoms with Crippen molar-refractivity contribution < 1.29 is 0 Å². The van der Waals surface area contributed by atoms with Crippen LogP contribution in [0.3, 0.4) is 0 Å². The third kappa shape index (κ3) is 2.07. The number of nitrogens with zero attached hydrogens (tertiary/aromatic N) is 1. The molecule has 1 atom stereocenters. The molecule has 2 N–H and O–H groups in total. The quantitative estimate of drug-likeness (QED) is 0.822. The second-order valence-electron chi connectivity index (χ2n) is 6.41. The molecule has 0 bridgehead atoms. The van der Waals surface area contributed by atoms with Gasteiger partial charge in [0.15, 0.2) is 0 Å². The van der Waals surface area contributed by atoms with E-state index in [-0.39, 0.29) is 5.54 Å². The van der Waals surface area contributed by atoms with Gasteiger partial charge in [0, 0.05) is 23.3 Å². The summed E-state index contributed by atoms with van der Waals surface area (Å²) in [5.74, 6) is 1.35. The van der Waals surface area contributed by atoms with Gasteiger partial charge >= 0.3 is 0 Å². The molecule has 1 fully saturated rings. The van der Waals surface area contributed by atoms with Crippen LogP contribution >= 0.6 is 0 Å². The lowest BCUT2D eigenvalue weighted by atomic mass is 9.66. The van der Waals surface area contributed by atoms with E-state index in [9.17, 15) is 0 Å². The molecule has 1 aromatic rings. The molecule has 1 unspecified atom stereocenters. The maximum absolute atomic E-state index is 6.77. The van der Waals surface area contributed by atoms with Crippen LogP contribution in [0.2, 0.25) is 0 Å². The van der Waals surface area contributed by atoms with Crippen LogP contribution in [-0.2, 0) is 6.42 Å². The van der Waals surface area contributed by atoms with E-state index in [1.807, 2.05) is 6.20 Å². The molecular formula is C16H24N2. The molecule has 1 saturated carbocycles. The summed E-state index contributed by atoms with van der Waals surface area (Å²) in [5, 5.41) is 0. The molecule has 2 aliphatic carbocycles. The maximum Gasteiger partial charge on any atom is 0.0484 e. The molecule has 2 aliphatic rings. The summed E-state index contributed by atoms with van der Waals surface area (Å²) >= 11 is 0. The van der Waals surface area contributed by atoms with Crippen LogP contribution in [0.15, 0.2) is 18.3 Å². The first-order valence-electron chi connectivity index (χ1n) is 7.42. The summed E-state index contributed by atoms with van der Waals surface area (Å²) in [4.78, 5) is 4.66. The van der Waals surface area contributed by atoms with Gasteiger partial charge in [-0.1, -0.05) is 13.0 Å². The molecule has 98 valence electrons. The Bertz CT molecular complexity index is 419. The van der Waals surface area contributed by atoms with Gasteiger partial charge in [-0.25, -0.2) is 0 Å². The Labute approximate surface area is 110 Å². The highest BCUT2D eigenvalue weighted by Gasteiger charge is 2.40. The Kier molecular flexibility index (Phi) is 3.14. The van der Waals surface area contributed by atoms with E-state index < -0.39 is 0 Å².